The van der Waals surface area contributed by atoms with Crippen LogP contribution in [0.1, 0.15) is 19.4 Å². The van der Waals surface area contributed by atoms with Gasteiger partial charge >= 0.3 is 5.69 Å². The van der Waals surface area contributed by atoms with Crippen molar-refractivity contribution < 1.29 is 13.5 Å². The topological polar surface area (TPSA) is 47.4 Å². The van der Waals surface area contributed by atoms with Crippen molar-refractivity contribution in [1.29, 1.82) is 0 Å². The lowest BCUT2D eigenvalue weighted by Gasteiger charge is -2.40. The predicted molar refractivity (Wildman–Crippen MR) is 91.2 cm³/mol. The highest BCUT2D eigenvalue weighted by Gasteiger charge is 2.49. The van der Waals surface area contributed by atoms with E-state index in [0.29, 0.717) is 5.82 Å². The average Bonchev–Trinajstić information content (AvgIpc) is 2.67. The molecule has 2 heterocycles. The van der Waals surface area contributed by atoms with Crippen LogP contribution in [0.25, 0.3) is 0 Å². The molecule has 1 aromatic heterocycles. The van der Waals surface area contributed by atoms with Crippen molar-refractivity contribution in [3.8, 4) is 5.88 Å². The molecule has 0 unspecified atom stereocenters. The van der Waals surface area contributed by atoms with Crippen LogP contribution < -0.4 is 15.3 Å². The lowest BCUT2D eigenvalue weighted by Crippen LogP contribution is -2.57. The van der Waals surface area contributed by atoms with Crippen LogP contribution in [0.4, 0.5) is 14.6 Å². The number of fused-ring (bicyclic) bond motifs is 1. The van der Waals surface area contributed by atoms with Crippen LogP contribution in [-0.4, -0.2) is 37.8 Å². The summed E-state index contributed by atoms with van der Waals surface area (Å²) in [7, 11) is 14.0. The van der Waals surface area contributed by atoms with Crippen LogP contribution in [0.3, 0.4) is 0 Å². The van der Waals surface area contributed by atoms with Gasteiger partial charge in [-0.15, -0.1) is 0 Å². The number of anilines is 1. The number of ether oxygens (including phenoxy) is 1. The summed E-state index contributed by atoms with van der Waals surface area (Å²) in [6.45, 7) is 3.31. The maximum Gasteiger partial charge on any atom is 0.351 e. The molecule has 4 radical (unpaired) electrons. The molecule has 0 aliphatic carbocycles. The van der Waals surface area contributed by atoms with Gasteiger partial charge in [-0.05, 0) is 25.3 Å². The van der Waals surface area contributed by atoms with E-state index in [-0.39, 0.29) is 18.1 Å². The summed E-state index contributed by atoms with van der Waals surface area (Å²) in [5.74, 6) is -1.58. The minimum atomic E-state index is -1.46. The molecular weight excluding hydrogens is 326 g/mol. The first-order chi connectivity index (χ1) is 11.6. The van der Waals surface area contributed by atoms with Gasteiger partial charge in [-0.3, -0.25) is 4.57 Å². The summed E-state index contributed by atoms with van der Waals surface area (Å²) >= 11 is 0. The molecule has 1 aliphatic heterocycles. The van der Waals surface area contributed by atoms with Crippen molar-refractivity contribution >= 4 is 21.5 Å². The van der Waals surface area contributed by atoms with Crippen molar-refractivity contribution in [2.24, 2.45) is 0 Å². The van der Waals surface area contributed by atoms with Crippen molar-refractivity contribution in [1.82, 2.24) is 9.55 Å². The van der Waals surface area contributed by atoms with Gasteiger partial charge in [0.1, 0.15) is 12.4 Å². The van der Waals surface area contributed by atoms with Gasteiger partial charge in [0.25, 0.3) is 0 Å². The lowest BCUT2D eigenvalue weighted by molar-refractivity contribution is 0.283. The Morgan fingerprint density at radius 2 is 1.96 bits per heavy atom. The van der Waals surface area contributed by atoms with Crippen molar-refractivity contribution in [2.75, 3.05) is 11.9 Å². The van der Waals surface area contributed by atoms with E-state index in [1.54, 1.807) is 25.8 Å². The summed E-state index contributed by atoms with van der Waals surface area (Å²) < 4.78 is 33.5. The smallest absolute Gasteiger partial charge is 0.351 e. The molecule has 0 saturated heterocycles. The van der Waals surface area contributed by atoms with E-state index in [2.05, 4.69) is 4.98 Å². The van der Waals surface area contributed by atoms with E-state index in [1.807, 2.05) is 0 Å². The Morgan fingerprint density at radius 1 is 1.28 bits per heavy atom. The maximum atomic E-state index is 13.7. The Balaban J connectivity index is 1.95. The third kappa shape index (κ3) is 2.53. The van der Waals surface area contributed by atoms with Gasteiger partial charge in [0, 0.05) is 24.2 Å². The first-order valence-electron chi connectivity index (χ1n) is 7.59. The van der Waals surface area contributed by atoms with Crippen LogP contribution >= 0.6 is 0 Å². The molecule has 1 aliphatic rings. The average molecular weight is 341 g/mol. The number of hydrogen-bond acceptors (Lipinski definition) is 4. The third-order valence-electron chi connectivity index (χ3n) is 4.82. The summed E-state index contributed by atoms with van der Waals surface area (Å²) in [5, 5.41) is -1.46. The van der Waals surface area contributed by atoms with Crippen LogP contribution in [0, 0.1) is 11.6 Å². The molecule has 0 saturated carbocycles. The first kappa shape index (κ1) is 17.5. The SMILES string of the molecule is [B]C1([B])n2c(cc(OCc3cccc(F)c3F)nc2=O)N(C)C1(C)C. The number of benzene rings is 1. The molecule has 0 N–H and O–H groups in total. The maximum absolute atomic E-state index is 13.7. The van der Waals surface area contributed by atoms with Gasteiger partial charge < -0.3 is 9.64 Å². The van der Waals surface area contributed by atoms with E-state index >= 15 is 0 Å². The highest BCUT2D eigenvalue weighted by molar-refractivity contribution is 6.39. The van der Waals surface area contributed by atoms with Gasteiger partial charge in [0.2, 0.25) is 5.88 Å². The standard InChI is InChI=1S/C16H15B2F2N3O2/c1-15(2)16(17,18)23-12(22(15)3)7-11(21-14(23)24)25-8-9-5-4-6-10(19)13(9)20/h4-7H,8H2,1-3H3. The van der Waals surface area contributed by atoms with E-state index in [0.717, 1.165) is 6.07 Å². The van der Waals surface area contributed by atoms with E-state index < -0.39 is 28.2 Å². The molecule has 3 rings (SSSR count). The van der Waals surface area contributed by atoms with Crippen LogP contribution in [0.15, 0.2) is 29.1 Å². The van der Waals surface area contributed by atoms with Gasteiger partial charge in [-0.25, -0.2) is 13.6 Å². The first-order valence-corrected chi connectivity index (χ1v) is 7.59. The number of hydrogen-bond donors (Lipinski definition) is 0. The number of nitrogens with zero attached hydrogens (tertiary/aromatic N) is 3. The molecule has 0 atom stereocenters. The normalized spacial score (nSPS) is 17.4. The monoisotopic (exact) mass is 341 g/mol. The van der Waals surface area contributed by atoms with Gasteiger partial charge in [-0.2, -0.15) is 4.98 Å². The molecule has 0 amide bonds. The number of halogens is 2. The highest BCUT2D eigenvalue weighted by atomic mass is 19.2. The van der Waals surface area contributed by atoms with E-state index in [4.69, 9.17) is 20.4 Å². The molecular formula is C16H15B2F2N3O2. The van der Waals surface area contributed by atoms with Crippen molar-refractivity contribution in [3.05, 3.63) is 51.9 Å². The minimum absolute atomic E-state index is 0.0167. The fraction of sp³-hybridized carbons (Fsp3) is 0.375. The molecule has 0 spiro atoms. The summed E-state index contributed by atoms with van der Waals surface area (Å²) in [6.07, 6.45) is 0. The van der Waals surface area contributed by atoms with Crippen LogP contribution in [-0.2, 0) is 11.9 Å². The molecule has 126 valence electrons. The second-order valence-electron chi connectivity index (χ2n) is 6.52. The number of aromatic nitrogens is 2. The van der Waals surface area contributed by atoms with Crippen molar-refractivity contribution in [3.63, 3.8) is 0 Å². The Bertz CT molecular complexity index is 899. The molecule has 5 nitrogen and oxygen atoms in total. The Kier molecular flexibility index (Phi) is 3.93. The highest BCUT2D eigenvalue weighted by Crippen LogP contribution is 2.41. The molecule has 9 heteroatoms. The fourth-order valence-electron chi connectivity index (χ4n) is 2.76. The Hall–Kier alpha value is -2.31. The Labute approximate surface area is 146 Å². The fourth-order valence-corrected chi connectivity index (χ4v) is 2.76. The molecule has 1 aromatic carbocycles. The van der Waals surface area contributed by atoms with E-state index in [9.17, 15) is 13.6 Å². The van der Waals surface area contributed by atoms with Gasteiger partial charge in [0.05, 0.1) is 15.7 Å². The minimum Gasteiger partial charge on any atom is -0.472 e. The molecule has 0 fully saturated rings. The molecule has 2 aromatic rings. The van der Waals surface area contributed by atoms with Gasteiger partial charge in [0.15, 0.2) is 11.6 Å². The second kappa shape index (κ2) is 5.61. The van der Waals surface area contributed by atoms with Crippen molar-refractivity contribution in [2.45, 2.75) is 31.3 Å². The number of likely N-dealkylation sites (N-methyl/N-ethyl adjacent to an activating group) is 1. The van der Waals surface area contributed by atoms with Gasteiger partial charge in [-0.1, -0.05) is 12.1 Å². The summed E-state index contributed by atoms with van der Waals surface area (Å²) in [4.78, 5) is 17.9. The second-order valence-corrected chi connectivity index (χ2v) is 6.52. The summed E-state index contributed by atoms with van der Waals surface area (Å²) in [5.41, 5.74) is -1.42. The number of rotatable bonds is 3. The van der Waals surface area contributed by atoms with Crippen LogP contribution in [0.5, 0.6) is 5.88 Å². The molecule has 0 bridgehead atoms. The Morgan fingerprint density at radius 3 is 2.64 bits per heavy atom. The predicted octanol–water partition coefficient (Wildman–Crippen LogP) is 1.28. The summed E-state index contributed by atoms with van der Waals surface area (Å²) in [6, 6.07) is 5.26. The third-order valence-corrected chi connectivity index (χ3v) is 4.82. The largest absolute Gasteiger partial charge is 0.472 e. The zero-order chi connectivity index (χ0) is 18.6. The quantitative estimate of drug-likeness (QED) is 0.790. The zero-order valence-electron chi connectivity index (χ0n) is 14.1. The van der Waals surface area contributed by atoms with E-state index in [1.165, 1.54) is 22.8 Å². The zero-order valence-corrected chi connectivity index (χ0v) is 14.1. The molecule has 25 heavy (non-hydrogen) atoms. The van der Waals surface area contributed by atoms with Crippen LogP contribution in [0.2, 0.25) is 0 Å². The lowest BCUT2D eigenvalue weighted by atomic mass is 9.53.